The quantitative estimate of drug-likeness (QED) is 0.770. The first-order valence-corrected chi connectivity index (χ1v) is 5.85. The number of carbonyl (C=O) groups is 2. The number of carbonyl (C=O) groups excluding carboxylic acids is 1. The minimum absolute atomic E-state index is 0.112. The van der Waals surface area contributed by atoms with Gasteiger partial charge in [0, 0.05) is 6.42 Å². The minimum atomic E-state index is -1.33. The van der Waals surface area contributed by atoms with Crippen molar-refractivity contribution in [3.05, 3.63) is 35.4 Å². The van der Waals surface area contributed by atoms with Gasteiger partial charge in [-0.05, 0) is 29.9 Å². The molecule has 0 amide bonds. The van der Waals surface area contributed by atoms with Crippen LogP contribution in [-0.2, 0) is 16.0 Å². The van der Waals surface area contributed by atoms with Crippen LogP contribution in [0.1, 0.15) is 43.7 Å². The largest absolute Gasteiger partial charge is 0.476 e. The van der Waals surface area contributed by atoms with Gasteiger partial charge in [-0.15, -0.1) is 0 Å². The summed E-state index contributed by atoms with van der Waals surface area (Å²) in [5.74, 6) is -1.53. The summed E-state index contributed by atoms with van der Waals surface area (Å²) >= 11 is 0. The van der Waals surface area contributed by atoms with Gasteiger partial charge in [-0.2, -0.15) is 0 Å². The Labute approximate surface area is 101 Å². The Balaban J connectivity index is 2.42. The van der Waals surface area contributed by atoms with Gasteiger partial charge < -0.3 is 5.11 Å². The van der Waals surface area contributed by atoms with Crippen LogP contribution in [0.2, 0.25) is 0 Å². The molecule has 1 aromatic rings. The van der Waals surface area contributed by atoms with Gasteiger partial charge in [-0.25, -0.2) is 4.79 Å². The van der Waals surface area contributed by atoms with E-state index in [9.17, 15) is 9.59 Å². The van der Waals surface area contributed by atoms with E-state index in [0.717, 1.165) is 12.0 Å². The zero-order valence-corrected chi connectivity index (χ0v) is 10.3. The summed E-state index contributed by atoms with van der Waals surface area (Å²) < 4.78 is 0. The fourth-order valence-electron chi connectivity index (χ4n) is 1.63. The first-order chi connectivity index (χ1) is 8.00. The lowest BCUT2D eigenvalue weighted by Crippen LogP contribution is -2.12. The highest BCUT2D eigenvalue weighted by Crippen LogP contribution is 2.15. The third-order valence-corrected chi connectivity index (χ3v) is 2.75. The monoisotopic (exact) mass is 234 g/mol. The fraction of sp³-hybridized carbons (Fsp3) is 0.429. The SMILES string of the molecule is CC(C)c1ccc(CCCC(=O)C(=O)O)cc1. The van der Waals surface area contributed by atoms with Gasteiger partial charge in [0.2, 0.25) is 5.78 Å². The van der Waals surface area contributed by atoms with Crippen molar-refractivity contribution >= 4 is 11.8 Å². The Morgan fingerprint density at radius 2 is 1.76 bits per heavy atom. The molecule has 1 rings (SSSR count). The van der Waals surface area contributed by atoms with E-state index in [1.165, 1.54) is 5.56 Å². The summed E-state index contributed by atoms with van der Waals surface area (Å²) in [5, 5.41) is 8.43. The maximum Gasteiger partial charge on any atom is 0.372 e. The van der Waals surface area contributed by atoms with E-state index >= 15 is 0 Å². The smallest absolute Gasteiger partial charge is 0.372 e. The van der Waals surface area contributed by atoms with E-state index in [2.05, 4.69) is 26.0 Å². The molecule has 0 heterocycles. The third-order valence-electron chi connectivity index (χ3n) is 2.75. The molecular formula is C14H18O3. The number of carboxylic acid groups (broad SMARTS) is 1. The van der Waals surface area contributed by atoms with Crippen molar-refractivity contribution in [1.82, 2.24) is 0 Å². The van der Waals surface area contributed by atoms with Gasteiger partial charge >= 0.3 is 5.97 Å². The van der Waals surface area contributed by atoms with Crippen LogP contribution in [0.4, 0.5) is 0 Å². The standard InChI is InChI=1S/C14H18O3/c1-10(2)12-8-6-11(7-9-12)4-3-5-13(15)14(16)17/h6-10H,3-5H2,1-2H3,(H,16,17). The zero-order chi connectivity index (χ0) is 12.8. The van der Waals surface area contributed by atoms with Gasteiger partial charge in [0.15, 0.2) is 0 Å². The second kappa shape index (κ2) is 6.18. The van der Waals surface area contributed by atoms with Crippen molar-refractivity contribution in [3.63, 3.8) is 0 Å². The van der Waals surface area contributed by atoms with Crippen molar-refractivity contribution in [3.8, 4) is 0 Å². The number of carboxylic acids is 1. The molecule has 0 unspecified atom stereocenters. The Morgan fingerprint density at radius 3 is 2.24 bits per heavy atom. The second-order valence-corrected chi connectivity index (χ2v) is 4.48. The molecule has 0 aliphatic heterocycles. The molecule has 17 heavy (non-hydrogen) atoms. The highest BCUT2D eigenvalue weighted by molar-refractivity contribution is 6.32. The summed E-state index contributed by atoms with van der Waals surface area (Å²) in [7, 11) is 0. The predicted molar refractivity (Wildman–Crippen MR) is 66.1 cm³/mol. The van der Waals surface area contributed by atoms with E-state index in [0.29, 0.717) is 12.3 Å². The summed E-state index contributed by atoms with van der Waals surface area (Å²) in [4.78, 5) is 21.2. The van der Waals surface area contributed by atoms with E-state index in [-0.39, 0.29) is 6.42 Å². The van der Waals surface area contributed by atoms with Crippen LogP contribution in [-0.4, -0.2) is 16.9 Å². The molecule has 0 spiro atoms. The average Bonchev–Trinajstić information content (AvgIpc) is 2.29. The molecule has 0 aliphatic rings. The van der Waals surface area contributed by atoms with Crippen LogP contribution in [0.25, 0.3) is 0 Å². The number of hydrogen-bond donors (Lipinski definition) is 1. The van der Waals surface area contributed by atoms with Crippen molar-refractivity contribution < 1.29 is 14.7 Å². The Morgan fingerprint density at radius 1 is 1.18 bits per heavy atom. The zero-order valence-electron chi connectivity index (χ0n) is 10.3. The molecule has 3 heteroatoms. The molecule has 0 bridgehead atoms. The van der Waals surface area contributed by atoms with Crippen LogP contribution in [0, 0.1) is 0 Å². The predicted octanol–water partition coefficient (Wildman–Crippen LogP) is 2.79. The molecule has 1 aromatic carbocycles. The summed E-state index contributed by atoms with van der Waals surface area (Å²) in [5.41, 5.74) is 2.43. The molecule has 0 aromatic heterocycles. The number of ketones is 1. The summed E-state index contributed by atoms with van der Waals surface area (Å²) in [6.45, 7) is 4.28. The van der Waals surface area contributed by atoms with E-state index < -0.39 is 11.8 Å². The van der Waals surface area contributed by atoms with E-state index in [1.807, 2.05) is 12.1 Å². The fourth-order valence-corrected chi connectivity index (χ4v) is 1.63. The van der Waals surface area contributed by atoms with Crippen LogP contribution < -0.4 is 0 Å². The van der Waals surface area contributed by atoms with Gasteiger partial charge in [0.1, 0.15) is 0 Å². The highest BCUT2D eigenvalue weighted by Gasteiger charge is 2.10. The molecule has 0 aliphatic carbocycles. The number of aliphatic carboxylic acids is 1. The first-order valence-electron chi connectivity index (χ1n) is 5.85. The number of rotatable bonds is 6. The number of Topliss-reactive ketones (excluding diaryl/α,β-unsaturated/α-hetero) is 1. The van der Waals surface area contributed by atoms with Gasteiger partial charge in [0.25, 0.3) is 0 Å². The molecule has 3 nitrogen and oxygen atoms in total. The minimum Gasteiger partial charge on any atom is -0.476 e. The van der Waals surface area contributed by atoms with E-state index in [1.54, 1.807) is 0 Å². The highest BCUT2D eigenvalue weighted by atomic mass is 16.4. The lowest BCUT2D eigenvalue weighted by Gasteiger charge is -2.06. The Bertz CT molecular complexity index is 390. The Kier molecular flexibility index (Phi) is 4.88. The second-order valence-electron chi connectivity index (χ2n) is 4.48. The lowest BCUT2D eigenvalue weighted by atomic mass is 9.99. The number of benzene rings is 1. The topological polar surface area (TPSA) is 54.4 Å². The van der Waals surface area contributed by atoms with Crippen molar-refractivity contribution in [1.29, 1.82) is 0 Å². The number of aryl methyl sites for hydroxylation is 1. The van der Waals surface area contributed by atoms with Crippen LogP contribution in [0.3, 0.4) is 0 Å². The number of hydrogen-bond acceptors (Lipinski definition) is 2. The third kappa shape index (κ3) is 4.39. The molecule has 1 N–H and O–H groups in total. The van der Waals surface area contributed by atoms with Crippen LogP contribution in [0.5, 0.6) is 0 Å². The Hall–Kier alpha value is -1.64. The molecule has 0 atom stereocenters. The lowest BCUT2D eigenvalue weighted by molar-refractivity contribution is -0.149. The maximum atomic E-state index is 10.9. The maximum absolute atomic E-state index is 10.9. The normalized spacial score (nSPS) is 10.5. The van der Waals surface area contributed by atoms with Crippen LogP contribution in [0.15, 0.2) is 24.3 Å². The molecule has 92 valence electrons. The molecule has 0 saturated heterocycles. The van der Waals surface area contributed by atoms with E-state index in [4.69, 9.17) is 5.11 Å². The van der Waals surface area contributed by atoms with Crippen LogP contribution >= 0.6 is 0 Å². The van der Waals surface area contributed by atoms with Crippen molar-refractivity contribution in [2.75, 3.05) is 0 Å². The van der Waals surface area contributed by atoms with Crippen molar-refractivity contribution in [2.45, 2.75) is 39.0 Å². The van der Waals surface area contributed by atoms with Gasteiger partial charge in [-0.3, -0.25) is 4.79 Å². The average molecular weight is 234 g/mol. The van der Waals surface area contributed by atoms with Crippen molar-refractivity contribution in [2.24, 2.45) is 0 Å². The molecule has 0 fully saturated rings. The van der Waals surface area contributed by atoms with Gasteiger partial charge in [0.05, 0.1) is 0 Å². The molecule has 0 radical (unpaired) electrons. The molecular weight excluding hydrogens is 216 g/mol. The summed E-state index contributed by atoms with van der Waals surface area (Å²) in [6.07, 6.45) is 1.45. The summed E-state index contributed by atoms with van der Waals surface area (Å²) in [6, 6.07) is 8.25. The van der Waals surface area contributed by atoms with Gasteiger partial charge in [-0.1, -0.05) is 38.1 Å². The first kappa shape index (κ1) is 13.4. The molecule has 0 saturated carbocycles.